The standard InChI is InChI=1S/C23H33N3O6/c1-23(2,3)32-22(29)25(4)14-17-7-6-12-26(17)21(28)11-9-16-8-10-18(19(13-16)30-5)31-15-20(24)27/h8-11,13,17H,6-7,12,14-15H2,1-5H3,(H2,24,27)/b11-9+. The van der Waals surface area contributed by atoms with Crippen molar-refractivity contribution in [3.8, 4) is 11.5 Å². The molecule has 1 aromatic rings. The Labute approximate surface area is 189 Å². The highest BCUT2D eigenvalue weighted by molar-refractivity contribution is 5.92. The van der Waals surface area contributed by atoms with E-state index < -0.39 is 17.6 Å². The van der Waals surface area contributed by atoms with Crippen molar-refractivity contribution in [2.24, 2.45) is 5.73 Å². The minimum Gasteiger partial charge on any atom is -0.493 e. The fourth-order valence-electron chi connectivity index (χ4n) is 3.37. The molecule has 1 unspecified atom stereocenters. The summed E-state index contributed by atoms with van der Waals surface area (Å²) in [5.41, 5.74) is 5.27. The van der Waals surface area contributed by atoms with Gasteiger partial charge < -0.3 is 29.7 Å². The summed E-state index contributed by atoms with van der Waals surface area (Å²) in [6.07, 6.45) is 4.50. The molecule has 9 nitrogen and oxygen atoms in total. The molecule has 1 heterocycles. The molecule has 1 aliphatic rings. The molecule has 1 fully saturated rings. The van der Waals surface area contributed by atoms with Gasteiger partial charge in [-0.3, -0.25) is 9.59 Å². The SMILES string of the molecule is COc1cc(/C=C/C(=O)N2CCCC2CN(C)C(=O)OC(C)(C)C)ccc1OCC(N)=O. The Balaban J connectivity index is 2.01. The number of rotatable bonds is 8. The van der Waals surface area contributed by atoms with Crippen LogP contribution in [0.25, 0.3) is 6.08 Å². The molecule has 9 heteroatoms. The zero-order valence-electron chi connectivity index (χ0n) is 19.4. The van der Waals surface area contributed by atoms with E-state index in [0.717, 1.165) is 18.4 Å². The topological polar surface area (TPSA) is 111 Å². The second-order valence-corrected chi connectivity index (χ2v) is 8.69. The van der Waals surface area contributed by atoms with Gasteiger partial charge in [-0.2, -0.15) is 0 Å². The summed E-state index contributed by atoms with van der Waals surface area (Å²) in [6.45, 7) is 6.26. The molecule has 1 aliphatic heterocycles. The average molecular weight is 448 g/mol. The summed E-state index contributed by atoms with van der Waals surface area (Å²) < 4.78 is 16.0. The first-order valence-corrected chi connectivity index (χ1v) is 10.5. The molecule has 3 amide bonds. The molecule has 0 saturated carbocycles. The molecule has 0 spiro atoms. The predicted octanol–water partition coefficient (Wildman–Crippen LogP) is 2.43. The molecule has 1 saturated heterocycles. The normalized spacial score (nSPS) is 16.2. The average Bonchev–Trinajstić information content (AvgIpc) is 3.17. The van der Waals surface area contributed by atoms with E-state index in [2.05, 4.69) is 0 Å². The predicted molar refractivity (Wildman–Crippen MR) is 120 cm³/mol. The lowest BCUT2D eigenvalue weighted by Crippen LogP contribution is -2.44. The van der Waals surface area contributed by atoms with Crippen LogP contribution in [-0.2, 0) is 14.3 Å². The quantitative estimate of drug-likeness (QED) is 0.613. The lowest BCUT2D eigenvalue weighted by molar-refractivity contribution is -0.127. The lowest BCUT2D eigenvalue weighted by Gasteiger charge is -2.30. The van der Waals surface area contributed by atoms with Gasteiger partial charge in [-0.1, -0.05) is 6.07 Å². The van der Waals surface area contributed by atoms with Crippen molar-refractivity contribution in [3.05, 3.63) is 29.8 Å². The van der Waals surface area contributed by atoms with Crippen LogP contribution in [0.4, 0.5) is 4.79 Å². The third-order valence-corrected chi connectivity index (χ3v) is 4.83. The molecule has 0 aliphatic carbocycles. The van der Waals surface area contributed by atoms with E-state index in [1.54, 1.807) is 36.2 Å². The summed E-state index contributed by atoms with van der Waals surface area (Å²) in [5.74, 6) is 0.107. The Hall–Kier alpha value is -3.23. The number of carbonyl (C=O) groups excluding carboxylic acids is 3. The van der Waals surface area contributed by atoms with Crippen LogP contribution in [0, 0.1) is 0 Å². The molecule has 0 aromatic heterocycles. The number of amides is 3. The lowest BCUT2D eigenvalue weighted by atomic mass is 10.1. The minimum atomic E-state index is -0.584. The van der Waals surface area contributed by atoms with E-state index in [4.69, 9.17) is 19.9 Å². The van der Waals surface area contributed by atoms with Gasteiger partial charge in [0.25, 0.3) is 5.91 Å². The number of nitrogens with two attached hydrogens (primary N) is 1. The van der Waals surface area contributed by atoms with Crippen molar-refractivity contribution in [1.29, 1.82) is 0 Å². The monoisotopic (exact) mass is 447 g/mol. The molecule has 176 valence electrons. The molecular weight excluding hydrogens is 414 g/mol. The van der Waals surface area contributed by atoms with Gasteiger partial charge in [0.05, 0.1) is 7.11 Å². The largest absolute Gasteiger partial charge is 0.493 e. The van der Waals surface area contributed by atoms with Gasteiger partial charge in [0.15, 0.2) is 18.1 Å². The first kappa shape index (κ1) is 25.0. The second kappa shape index (κ2) is 10.9. The van der Waals surface area contributed by atoms with Crippen molar-refractivity contribution in [2.45, 2.75) is 45.3 Å². The van der Waals surface area contributed by atoms with Gasteiger partial charge in [0.1, 0.15) is 5.60 Å². The van der Waals surface area contributed by atoms with Gasteiger partial charge in [-0.15, -0.1) is 0 Å². The maximum Gasteiger partial charge on any atom is 0.410 e. The van der Waals surface area contributed by atoms with Crippen molar-refractivity contribution in [3.63, 3.8) is 0 Å². The van der Waals surface area contributed by atoms with Gasteiger partial charge in [0.2, 0.25) is 5.91 Å². The molecule has 1 aromatic carbocycles. The zero-order chi connectivity index (χ0) is 23.9. The van der Waals surface area contributed by atoms with Crippen LogP contribution in [0.5, 0.6) is 11.5 Å². The van der Waals surface area contributed by atoms with Crippen LogP contribution in [0.2, 0.25) is 0 Å². The van der Waals surface area contributed by atoms with Crippen LogP contribution in [0.15, 0.2) is 24.3 Å². The van der Waals surface area contributed by atoms with Crippen molar-refractivity contribution >= 4 is 24.0 Å². The minimum absolute atomic E-state index is 0.0659. The van der Waals surface area contributed by atoms with E-state index >= 15 is 0 Å². The van der Waals surface area contributed by atoms with Crippen LogP contribution in [-0.4, -0.2) is 73.2 Å². The maximum absolute atomic E-state index is 12.8. The third kappa shape index (κ3) is 7.47. The Morgan fingerprint density at radius 3 is 2.59 bits per heavy atom. The molecular formula is C23H33N3O6. The van der Waals surface area contributed by atoms with Gasteiger partial charge in [0, 0.05) is 32.3 Å². The van der Waals surface area contributed by atoms with Crippen LogP contribution < -0.4 is 15.2 Å². The van der Waals surface area contributed by atoms with Crippen LogP contribution in [0.3, 0.4) is 0 Å². The van der Waals surface area contributed by atoms with Gasteiger partial charge in [-0.25, -0.2) is 4.79 Å². The molecule has 2 N–H and O–H groups in total. The van der Waals surface area contributed by atoms with Gasteiger partial charge in [-0.05, 0) is 57.4 Å². The fraction of sp³-hybridized carbons (Fsp3) is 0.522. The Bertz CT molecular complexity index is 862. The molecule has 0 radical (unpaired) electrons. The van der Waals surface area contributed by atoms with Crippen molar-refractivity contribution in [2.75, 3.05) is 33.9 Å². The number of likely N-dealkylation sites (tertiary alicyclic amines) is 1. The first-order valence-electron chi connectivity index (χ1n) is 10.5. The summed E-state index contributed by atoms with van der Waals surface area (Å²) in [5, 5.41) is 0. The first-order chi connectivity index (χ1) is 15.0. The number of likely N-dealkylation sites (N-methyl/N-ethyl adjacent to an activating group) is 1. The molecule has 1 atom stereocenters. The number of primary amides is 1. The number of hydrogen-bond donors (Lipinski definition) is 1. The number of benzene rings is 1. The van der Waals surface area contributed by atoms with Crippen LogP contribution in [0.1, 0.15) is 39.2 Å². The summed E-state index contributed by atoms with van der Waals surface area (Å²) in [7, 11) is 3.17. The molecule has 32 heavy (non-hydrogen) atoms. The van der Waals surface area contributed by atoms with E-state index in [1.165, 1.54) is 18.1 Å². The highest BCUT2D eigenvalue weighted by Crippen LogP contribution is 2.28. The summed E-state index contributed by atoms with van der Waals surface area (Å²) in [4.78, 5) is 39.2. The third-order valence-electron chi connectivity index (χ3n) is 4.83. The number of ether oxygens (including phenoxy) is 3. The Morgan fingerprint density at radius 1 is 1.25 bits per heavy atom. The van der Waals surface area contributed by atoms with Gasteiger partial charge >= 0.3 is 6.09 Å². The highest BCUT2D eigenvalue weighted by Gasteiger charge is 2.30. The van der Waals surface area contributed by atoms with E-state index in [-0.39, 0.29) is 18.6 Å². The van der Waals surface area contributed by atoms with E-state index in [1.807, 2.05) is 20.8 Å². The van der Waals surface area contributed by atoms with Crippen molar-refractivity contribution in [1.82, 2.24) is 9.80 Å². The number of methoxy groups -OCH3 is 1. The molecule has 2 rings (SSSR count). The second-order valence-electron chi connectivity index (χ2n) is 8.69. The Kier molecular flexibility index (Phi) is 8.51. The highest BCUT2D eigenvalue weighted by atomic mass is 16.6. The van der Waals surface area contributed by atoms with Crippen LogP contribution >= 0.6 is 0 Å². The zero-order valence-corrected chi connectivity index (χ0v) is 19.4. The Morgan fingerprint density at radius 2 is 1.97 bits per heavy atom. The number of carbonyl (C=O) groups is 3. The summed E-state index contributed by atoms with van der Waals surface area (Å²) in [6, 6.07) is 5.04. The summed E-state index contributed by atoms with van der Waals surface area (Å²) >= 11 is 0. The van der Waals surface area contributed by atoms with E-state index in [9.17, 15) is 14.4 Å². The fourth-order valence-corrected chi connectivity index (χ4v) is 3.37. The maximum atomic E-state index is 12.8. The number of nitrogens with zero attached hydrogens (tertiary/aromatic N) is 2. The van der Waals surface area contributed by atoms with E-state index in [0.29, 0.717) is 24.6 Å². The smallest absolute Gasteiger partial charge is 0.410 e. The molecule has 0 bridgehead atoms. The number of hydrogen-bond acceptors (Lipinski definition) is 6. The van der Waals surface area contributed by atoms with Crippen molar-refractivity contribution < 1.29 is 28.6 Å².